The van der Waals surface area contributed by atoms with Gasteiger partial charge in [0, 0.05) is 5.56 Å². The summed E-state index contributed by atoms with van der Waals surface area (Å²) in [4.78, 5) is 11.2. The molecule has 0 aliphatic heterocycles. The summed E-state index contributed by atoms with van der Waals surface area (Å²) in [7, 11) is 0. The molecule has 0 aliphatic carbocycles. The molecule has 2 nitrogen and oxygen atoms in total. The van der Waals surface area contributed by atoms with Crippen LogP contribution in [0.1, 0.15) is 17.3 Å². The fraction of sp³-hybridized carbons (Fsp3) is 0.222. The van der Waals surface area contributed by atoms with Crippen molar-refractivity contribution in [3.63, 3.8) is 0 Å². The van der Waals surface area contributed by atoms with Crippen LogP contribution in [-0.4, -0.2) is 17.0 Å². The van der Waals surface area contributed by atoms with E-state index in [4.69, 9.17) is 16.7 Å². The minimum atomic E-state index is -0.995. The maximum absolute atomic E-state index is 11.2. The van der Waals surface area contributed by atoms with Crippen LogP contribution in [0.2, 0.25) is 5.02 Å². The average molecular weight is 185 g/mol. The number of halogens is 1. The van der Waals surface area contributed by atoms with Gasteiger partial charge < -0.3 is 5.11 Å². The summed E-state index contributed by atoms with van der Waals surface area (Å²) in [5, 5.41) is 9.37. The van der Waals surface area contributed by atoms with Crippen LogP contribution in [0.5, 0.6) is 0 Å². The zero-order chi connectivity index (χ0) is 9.14. The van der Waals surface area contributed by atoms with Crippen LogP contribution < -0.4 is 0 Å². The molecule has 1 atom stereocenters. The smallest absolute Gasteiger partial charge is 0.192 e. The van der Waals surface area contributed by atoms with E-state index in [0.717, 1.165) is 0 Å². The number of aliphatic hydroxyl groups is 1. The van der Waals surface area contributed by atoms with Gasteiger partial charge in [0.2, 0.25) is 0 Å². The Morgan fingerprint density at radius 3 is 2.58 bits per heavy atom. The van der Waals surface area contributed by atoms with Crippen molar-refractivity contribution < 1.29 is 9.90 Å². The Kier molecular flexibility index (Phi) is 2.84. The first-order valence-electron chi connectivity index (χ1n) is 3.59. The molecule has 0 fully saturated rings. The van der Waals surface area contributed by atoms with Crippen LogP contribution >= 0.6 is 11.6 Å². The highest BCUT2D eigenvalue weighted by Gasteiger charge is 2.13. The van der Waals surface area contributed by atoms with Crippen molar-refractivity contribution in [3.05, 3.63) is 34.9 Å². The maximum Gasteiger partial charge on any atom is 0.192 e. The summed E-state index contributed by atoms with van der Waals surface area (Å²) in [5.41, 5.74) is 0.370. The molecule has 3 heteroatoms. The first kappa shape index (κ1) is 9.23. The molecule has 1 rings (SSSR count). The molecule has 1 N–H and O–H groups in total. The van der Waals surface area contributed by atoms with Gasteiger partial charge in [-0.3, -0.25) is 4.79 Å². The summed E-state index contributed by atoms with van der Waals surface area (Å²) in [5.74, 6) is -0.347. The summed E-state index contributed by atoms with van der Waals surface area (Å²) in [6, 6.07) is 6.66. The second-order valence-electron chi connectivity index (χ2n) is 2.52. The lowest BCUT2D eigenvalue weighted by Crippen LogP contribution is -2.16. The number of benzene rings is 1. The molecule has 1 aromatic carbocycles. The highest BCUT2D eigenvalue weighted by atomic mass is 35.5. The number of carbonyl (C=O) groups excluding carboxylic acids is 1. The number of rotatable bonds is 2. The van der Waals surface area contributed by atoms with Crippen molar-refractivity contribution in [2.75, 3.05) is 0 Å². The lowest BCUT2D eigenvalue weighted by molar-refractivity contribution is 0.0779. The molecular formula is C9H9ClO2. The second kappa shape index (κ2) is 3.70. The van der Waals surface area contributed by atoms with Crippen molar-refractivity contribution in [1.82, 2.24) is 0 Å². The third-order valence-electron chi connectivity index (χ3n) is 1.52. The Morgan fingerprint density at radius 2 is 2.08 bits per heavy atom. The van der Waals surface area contributed by atoms with Crippen molar-refractivity contribution in [1.29, 1.82) is 0 Å². The third kappa shape index (κ3) is 1.84. The minimum absolute atomic E-state index is 0.347. The Balaban J connectivity index is 3.03. The quantitative estimate of drug-likeness (QED) is 0.713. The number of ketones is 1. The summed E-state index contributed by atoms with van der Waals surface area (Å²) >= 11 is 5.73. The van der Waals surface area contributed by atoms with E-state index < -0.39 is 6.10 Å². The predicted octanol–water partition coefficient (Wildman–Crippen LogP) is 1.90. The van der Waals surface area contributed by atoms with E-state index in [-0.39, 0.29) is 5.78 Å². The Bertz CT molecular complexity index is 294. The number of hydrogen-bond acceptors (Lipinski definition) is 2. The predicted molar refractivity (Wildman–Crippen MR) is 47.5 cm³/mol. The van der Waals surface area contributed by atoms with E-state index >= 15 is 0 Å². The van der Waals surface area contributed by atoms with Gasteiger partial charge in [-0.1, -0.05) is 23.7 Å². The van der Waals surface area contributed by atoms with Gasteiger partial charge >= 0.3 is 0 Å². The molecule has 1 unspecified atom stereocenters. The van der Waals surface area contributed by atoms with Crippen molar-refractivity contribution in [2.24, 2.45) is 0 Å². The monoisotopic (exact) mass is 184 g/mol. The van der Waals surface area contributed by atoms with E-state index in [1.54, 1.807) is 24.3 Å². The third-order valence-corrected chi connectivity index (χ3v) is 1.85. The topological polar surface area (TPSA) is 37.3 Å². The largest absolute Gasteiger partial charge is 0.385 e. The van der Waals surface area contributed by atoms with Crippen LogP contribution in [0.4, 0.5) is 0 Å². The van der Waals surface area contributed by atoms with E-state index in [2.05, 4.69) is 0 Å². The first-order valence-corrected chi connectivity index (χ1v) is 3.97. The molecule has 1 aromatic rings. The number of aliphatic hydroxyl groups excluding tert-OH is 1. The minimum Gasteiger partial charge on any atom is -0.385 e. The normalized spacial score (nSPS) is 12.6. The summed E-state index contributed by atoms with van der Waals surface area (Å²) in [6.45, 7) is 1.42. The highest BCUT2D eigenvalue weighted by Crippen LogP contribution is 2.16. The molecule has 0 saturated carbocycles. The zero-order valence-electron chi connectivity index (χ0n) is 6.62. The SMILES string of the molecule is CC(O)C(=O)c1ccccc1Cl. The second-order valence-corrected chi connectivity index (χ2v) is 2.93. The Hall–Kier alpha value is -0.860. The van der Waals surface area contributed by atoms with Gasteiger partial charge in [-0.15, -0.1) is 0 Å². The Labute approximate surface area is 75.8 Å². The number of Topliss-reactive ketones (excluding diaryl/α,β-unsaturated/α-hetero) is 1. The van der Waals surface area contributed by atoms with E-state index in [9.17, 15) is 4.79 Å². The lowest BCUT2D eigenvalue weighted by Gasteiger charge is -2.04. The molecular weight excluding hydrogens is 176 g/mol. The average Bonchev–Trinajstić information content (AvgIpc) is 2.04. The fourth-order valence-corrected chi connectivity index (χ4v) is 1.11. The van der Waals surface area contributed by atoms with Crippen LogP contribution in [0.25, 0.3) is 0 Å². The lowest BCUT2D eigenvalue weighted by atomic mass is 10.1. The number of carbonyl (C=O) groups is 1. The van der Waals surface area contributed by atoms with E-state index in [1.807, 2.05) is 0 Å². The fourth-order valence-electron chi connectivity index (χ4n) is 0.886. The van der Waals surface area contributed by atoms with Crippen LogP contribution in [0.3, 0.4) is 0 Å². The van der Waals surface area contributed by atoms with Gasteiger partial charge in [0.1, 0.15) is 6.10 Å². The zero-order valence-corrected chi connectivity index (χ0v) is 7.38. The first-order chi connectivity index (χ1) is 5.63. The van der Waals surface area contributed by atoms with E-state index in [1.165, 1.54) is 6.92 Å². The van der Waals surface area contributed by atoms with Crippen LogP contribution in [0.15, 0.2) is 24.3 Å². The van der Waals surface area contributed by atoms with Crippen molar-refractivity contribution >= 4 is 17.4 Å². The van der Waals surface area contributed by atoms with Crippen LogP contribution in [-0.2, 0) is 0 Å². The van der Waals surface area contributed by atoms with Gasteiger partial charge in [0.15, 0.2) is 5.78 Å². The van der Waals surface area contributed by atoms with Gasteiger partial charge in [-0.05, 0) is 19.1 Å². The summed E-state index contributed by atoms with van der Waals surface area (Å²) in [6.07, 6.45) is -0.995. The highest BCUT2D eigenvalue weighted by molar-refractivity contribution is 6.34. The maximum atomic E-state index is 11.2. The molecule has 0 aliphatic rings. The van der Waals surface area contributed by atoms with Gasteiger partial charge in [-0.2, -0.15) is 0 Å². The Morgan fingerprint density at radius 1 is 1.50 bits per heavy atom. The molecule has 0 aromatic heterocycles. The van der Waals surface area contributed by atoms with Gasteiger partial charge in [0.25, 0.3) is 0 Å². The van der Waals surface area contributed by atoms with Gasteiger partial charge in [-0.25, -0.2) is 0 Å². The molecule has 12 heavy (non-hydrogen) atoms. The standard InChI is InChI=1S/C9H9ClO2/c1-6(11)9(12)7-4-2-3-5-8(7)10/h2-6,11H,1H3. The van der Waals surface area contributed by atoms with Gasteiger partial charge in [0.05, 0.1) is 5.02 Å². The molecule has 0 amide bonds. The molecule has 64 valence electrons. The molecule has 0 radical (unpaired) electrons. The molecule has 0 heterocycles. The molecule has 0 spiro atoms. The molecule has 0 saturated heterocycles. The number of hydrogen-bond donors (Lipinski definition) is 1. The van der Waals surface area contributed by atoms with Crippen LogP contribution in [0, 0.1) is 0 Å². The summed E-state index contributed by atoms with van der Waals surface area (Å²) < 4.78 is 0. The van der Waals surface area contributed by atoms with Crippen molar-refractivity contribution in [3.8, 4) is 0 Å². The molecule has 0 bridgehead atoms. The van der Waals surface area contributed by atoms with E-state index in [0.29, 0.717) is 10.6 Å². The van der Waals surface area contributed by atoms with Crippen molar-refractivity contribution in [2.45, 2.75) is 13.0 Å².